The summed E-state index contributed by atoms with van der Waals surface area (Å²) in [5.74, 6) is 0.0543. The van der Waals surface area contributed by atoms with Crippen molar-refractivity contribution >= 4 is 5.91 Å². The Morgan fingerprint density at radius 2 is 2.21 bits per heavy atom. The molecule has 0 unspecified atom stereocenters. The van der Waals surface area contributed by atoms with Crippen LogP contribution >= 0.6 is 0 Å². The second kappa shape index (κ2) is 8.08. The van der Waals surface area contributed by atoms with Crippen molar-refractivity contribution in [2.24, 2.45) is 0 Å². The maximum absolute atomic E-state index is 12.4. The first-order chi connectivity index (χ1) is 11.7. The topological polar surface area (TPSA) is 59.4 Å². The van der Waals surface area contributed by atoms with Gasteiger partial charge in [-0.2, -0.15) is 5.10 Å². The summed E-state index contributed by atoms with van der Waals surface area (Å²) in [5, 5.41) is 7.23. The predicted molar refractivity (Wildman–Crippen MR) is 91.3 cm³/mol. The Bertz CT molecular complexity index is 630. The Kier molecular flexibility index (Phi) is 5.61. The minimum absolute atomic E-state index is 0.0543. The molecular weight excluding hydrogens is 304 g/mol. The highest BCUT2D eigenvalue weighted by atomic mass is 16.5. The van der Waals surface area contributed by atoms with E-state index in [1.807, 2.05) is 54.2 Å². The van der Waals surface area contributed by atoms with E-state index in [0.717, 1.165) is 18.7 Å². The zero-order valence-corrected chi connectivity index (χ0v) is 14.0. The normalized spacial score (nSPS) is 19.8. The highest BCUT2D eigenvalue weighted by molar-refractivity contribution is 5.81. The average molecular weight is 328 g/mol. The van der Waals surface area contributed by atoms with Gasteiger partial charge in [0.2, 0.25) is 5.91 Å². The minimum atomic E-state index is -0.169. The zero-order chi connectivity index (χ0) is 16.8. The second-order valence-electron chi connectivity index (χ2n) is 6.10. The van der Waals surface area contributed by atoms with Crippen molar-refractivity contribution in [3.05, 3.63) is 54.4 Å². The number of rotatable bonds is 6. The smallest absolute Gasteiger partial charge is 0.237 e. The molecule has 6 heteroatoms. The number of aromatic nitrogens is 2. The van der Waals surface area contributed by atoms with Crippen LogP contribution in [0.5, 0.6) is 0 Å². The number of benzene rings is 1. The Hall–Kier alpha value is -2.18. The molecule has 6 nitrogen and oxygen atoms in total. The van der Waals surface area contributed by atoms with Crippen molar-refractivity contribution in [1.82, 2.24) is 20.0 Å². The molecule has 0 spiro atoms. The van der Waals surface area contributed by atoms with Gasteiger partial charge in [0.1, 0.15) is 0 Å². The lowest BCUT2D eigenvalue weighted by Gasteiger charge is -2.36. The predicted octanol–water partition coefficient (Wildman–Crippen LogP) is 1.29. The summed E-state index contributed by atoms with van der Waals surface area (Å²) >= 11 is 0. The number of morpholine rings is 1. The molecule has 1 aliphatic heterocycles. The number of hydrogen-bond acceptors (Lipinski definition) is 4. The van der Waals surface area contributed by atoms with Gasteiger partial charge in [-0.05, 0) is 18.6 Å². The first-order valence-corrected chi connectivity index (χ1v) is 8.37. The van der Waals surface area contributed by atoms with Gasteiger partial charge in [-0.15, -0.1) is 0 Å². The van der Waals surface area contributed by atoms with E-state index in [1.165, 1.54) is 0 Å². The van der Waals surface area contributed by atoms with E-state index in [1.54, 1.807) is 6.20 Å². The maximum Gasteiger partial charge on any atom is 0.237 e. The Balaban J connectivity index is 1.49. The number of amides is 1. The zero-order valence-electron chi connectivity index (χ0n) is 14.0. The third-order valence-electron chi connectivity index (χ3n) is 4.36. The molecule has 1 fully saturated rings. The van der Waals surface area contributed by atoms with Crippen LogP contribution in [-0.2, 0) is 22.6 Å². The van der Waals surface area contributed by atoms with Crippen LogP contribution in [0, 0.1) is 0 Å². The molecule has 2 heterocycles. The molecule has 2 atom stereocenters. The van der Waals surface area contributed by atoms with Crippen LogP contribution in [0.3, 0.4) is 0 Å². The maximum atomic E-state index is 12.4. The van der Waals surface area contributed by atoms with Gasteiger partial charge in [0, 0.05) is 32.0 Å². The molecular formula is C18H24N4O2. The molecule has 3 rings (SSSR count). The Morgan fingerprint density at radius 1 is 1.38 bits per heavy atom. The van der Waals surface area contributed by atoms with Crippen molar-refractivity contribution in [2.75, 3.05) is 19.7 Å². The SMILES string of the molecule is C[C@H](C(=O)NCc1ccccc1)N1CCO[C@H](Cn2cccn2)C1. The van der Waals surface area contributed by atoms with E-state index in [2.05, 4.69) is 15.3 Å². The van der Waals surface area contributed by atoms with E-state index in [4.69, 9.17) is 4.74 Å². The molecule has 0 aliphatic carbocycles. The first-order valence-electron chi connectivity index (χ1n) is 8.37. The van der Waals surface area contributed by atoms with Crippen LogP contribution in [0.25, 0.3) is 0 Å². The molecule has 1 saturated heterocycles. The summed E-state index contributed by atoms with van der Waals surface area (Å²) in [4.78, 5) is 14.6. The Labute approximate surface area is 142 Å². The number of ether oxygens (including phenoxy) is 1. The van der Waals surface area contributed by atoms with Gasteiger partial charge < -0.3 is 10.1 Å². The fourth-order valence-electron chi connectivity index (χ4n) is 2.92. The van der Waals surface area contributed by atoms with E-state index in [0.29, 0.717) is 19.7 Å². The highest BCUT2D eigenvalue weighted by Crippen LogP contribution is 2.11. The quantitative estimate of drug-likeness (QED) is 0.868. The molecule has 1 aromatic carbocycles. The second-order valence-corrected chi connectivity index (χ2v) is 6.10. The van der Waals surface area contributed by atoms with E-state index in [-0.39, 0.29) is 18.1 Å². The van der Waals surface area contributed by atoms with Crippen LogP contribution in [0.15, 0.2) is 48.8 Å². The lowest BCUT2D eigenvalue weighted by molar-refractivity contribution is -0.129. The lowest BCUT2D eigenvalue weighted by Crippen LogP contribution is -2.52. The van der Waals surface area contributed by atoms with Gasteiger partial charge in [0.25, 0.3) is 0 Å². The molecule has 24 heavy (non-hydrogen) atoms. The molecule has 0 saturated carbocycles. The van der Waals surface area contributed by atoms with Crippen molar-refractivity contribution in [3.8, 4) is 0 Å². The highest BCUT2D eigenvalue weighted by Gasteiger charge is 2.28. The number of carbonyl (C=O) groups excluding carboxylic acids is 1. The van der Waals surface area contributed by atoms with Gasteiger partial charge in [0.15, 0.2) is 0 Å². The molecule has 1 aromatic heterocycles. The van der Waals surface area contributed by atoms with Crippen molar-refractivity contribution < 1.29 is 9.53 Å². The third kappa shape index (κ3) is 4.43. The van der Waals surface area contributed by atoms with Gasteiger partial charge in [-0.3, -0.25) is 14.4 Å². The standard InChI is InChI=1S/C18H24N4O2/c1-15(18(23)19-12-16-6-3-2-4-7-16)21-10-11-24-17(13-21)14-22-9-5-8-20-22/h2-9,15,17H,10-14H2,1H3,(H,19,23)/t15-,17+/m1/s1. The fourth-order valence-corrected chi connectivity index (χ4v) is 2.92. The summed E-state index contributed by atoms with van der Waals surface area (Å²) in [6.45, 7) is 5.38. The molecule has 1 amide bonds. The van der Waals surface area contributed by atoms with Crippen LogP contribution in [0.4, 0.5) is 0 Å². The Morgan fingerprint density at radius 3 is 2.96 bits per heavy atom. The molecule has 128 valence electrons. The first kappa shape index (κ1) is 16.7. The van der Waals surface area contributed by atoms with Gasteiger partial charge in [-0.25, -0.2) is 0 Å². The van der Waals surface area contributed by atoms with E-state index in [9.17, 15) is 4.79 Å². The summed E-state index contributed by atoms with van der Waals surface area (Å²) in [6, 6.07) is 11.7. The van der Waals surface area contributed by atoms with E-state index >= 15 is 0 Å². The number of carbonyl (C=O) groups is 1. The molecule has 0 bridgehead atoms. The molecule has 1 aliphatic rings. The fraction of sp³-hybridized carbons (Fsp3) is 0.444. The molecule has 1 N–H and O–H groups in total. The van der Waals surface area contributed by atoms with Crippen LogP contribution < -0.4 is 5.32 Å². The van der Waals surface area contributed by atoms with Crippen LogP contribution in [0.1, 0.15) is 12.5 Å². The minimum Gasteiger partial charge on any atom is -0.374 e. The number of hydrogen-bond donors (Lipinski definition) is 1. The van der Waals surface area contributed by atoms with Gasteiger partial charge >= 0.3 is 0 Å². The summed E-state index contributed by atoms with van der Waals surface area (Å²) in [5.41, 5.74) is 1.11. The number of nitrogens with one attached hydrogen (secondary N) is 1. The van der Waals surface area contributed by atoms with Crippen molar-refractivity contribution in [2.45, 2.75) is 32.2 Å². The monoisotopic (exact) mass is 328 g/mol. The number of nitrogens with zero attached hydrogens (tertiary/aromatic N) is 3. The van der Waals surface area contributed by atoms with Crippen molar-refractivity contribution in [3.63, 3.8) is 0 Å². The lowest BCUT2D eigenvalue weighted by atomic mass is 10.2. The summed E-state index contributed by atoms with van der Waals surface area (Å²) in [6.07, 6.45) is 3.75. The summed E-state index contributed by atoms with van der Waals surface area (Å²) in [7, 11) is 0. The largest absolute Gasteiger partial charge is 0.374 e. The average Bonchev–Trinajstić information content (AvgIpc) is 3.13. The van der Waals surface area contributed by atoms with Crippen molar-refractivity contribution in [1.29, 1.82) is 0 Å². The van der Waals surface area contributed by atoms with Gasteiger partial charge in [0.05, 0.1) is 25.3 Å². The molecule has 0 radical (unpaired) electrons. The van der Waals surface area contributed by atoms with Crippen LogP contribution in [-0.4, -0.2) is 52.4 Å². The van der Waals surface area contributed by atoms with Crippen LogP contribution in [0.2, 0.25) is 0 Å². The van der Waals surface area contributed by atoms with E-state index < -0.39 is 0 Å². The third-order valence-corrected chi connectivity index (χ3v) is 4.36. The van der Waals surface area contributed by atoms with Gasteiger partial charge in [-0.1, -0.05) is 30.3 Å². The summed E-state index contributed by atoms with van der Waals surface area (Å²) < 4.78 is 7.68. The molecule has 2 aromatic rings.